The van der Waals surface area contributed by atoms with E-state index < -0.39 is 0 Å². The first kappa shape index (κ1) is 11.2. The van der Waals surface area contributed by atoms with Crippen LogP contribution in [-0.2, 0) is 4.74 Å². The zero-order valence-electron chi connectivity index (χ0n) is 8.87. The summed E-state index contributed by atoms with van der Waals surface area (Å²) in [6.07, 6.45) is 1.04. The largest absolute Gasteiger partial charge is 0.462 e. The number of thiophene rings is 1. The van der Waals surface area contributed by atoms with Crippen molar-refractivity contribution in [1.29, 1.82) is 0 Å². The molecule has 0 saturated carbocycles. The van der Waals surface area contributed by atoms with Crippen molar-refractivity contribution in [3.8, 4) is 0 Å². The Kier molecular flexibility index (Phi) is 4.14. The van der Waals surface area contributed by atoms with Gasteiger partial charge in [0.05, 0.1) is 12.2 Å². The van der Waals surface area contributed by atoms with Crippen molar-refractivity contribution < 1.29 is 9.53 Å². The highest BCUT2D eigenvalue weighted by Crippen LogP contribution is 2.26. The molecule has 0 aromatic carbocycles. The van der Waals surface area contributed by atoms with E-state index in [0.717, 1.165) is 17.5 Å². The molecule has 0 N–H and O–H groups in total. The summed E-state index contributed by atoms with van der Waals surface area (Å²) in [5.74, 6) is 0.240. The number of carbonyl (C=O) groups excluding carboxylic acids is 1. The lowest BCUT2D eigenvalue weighted by molar-refractivity contribution is 0.0525. The molecule has 78 valence electrons. The van der Waals surface area contributed by atoms with Gasteiger partial charge in [-0.3, -0.25) is 0 Å². The van der Waals surface area contributed by atoms with Crippen LogP contribution in [0.1, 0.15) is 49.0 Å². The molecule has 2 nitrogen and oxygen atoms in total. The minimum absolute atomic E-state index is 0.191. The van der Waals surface area contributed by atoms with E-state index in [1.54, 1.807) is 11.3 Å². The van der Waals surface area contributed by atoms with E-state index in [4.69, 9.17) is 4.74 Å². The van der Waals surface area contributed by atoms with Crippen LogP contribution in [0.15, 0.2) is 10.8 Å². The topological polar surface area (TPSA) is 26.3 Å². The average Bonchev–Trinajstić information content (AvgIpc) is 2.65. The molecule has 0 aliphatic carbocycles. The Bertz CT molecular complexity index is 304. The number of rotatable bonds is 4. The van der Waals surface area contributed by atoms with Gasteiger partial charge in [-0.25, -0.2) is 4.79 Å². The highest BCUT2D eigenvalue weighted by molar-refractivity contribution is 7.08. The van der Waals surface area contributed by atoms with Gasteiger partial charge in [0.1, 0.15) is 0 Å². The van der Waals surface area contributed by atoms with Gasteiger partial charge in [-0.2, -0.15) is 11.3 Å². The van der Waals surface area contributed by atoms with Gasteiger partial charge in [0.2, 0.25) is 0 Å². The summed E-state index contributed by atoms with van der Waals surface area (Å²) in [6.45, 7) is 6.52. The van der Waals surface area contributed by atoms with E-state index in [9.17, 15) is 4.79 Å². The predicted molar refractivity (Wildman–Crippen MR) is 59.0 cm³/mol. The monoisotopic (exact) mass is 212 g/mol. The molecule has 0 aliphatic rings. The molecular formula is C11H16O2S. The normalized spacial score (nSPS) is 12.5. The van der Waals surface area contributed by atoms with Crippen LogP contribution in [0.2, 0.25) is 0 Å². The molecule has 1 atom stereocenters. The van der Waals surface area contributed by atoms with Crippen LogP contribution in [0.4, 0.5) is 0 Å². The minimum atomic E-state index is -0.191. The molecule has 1 unspecified atom stereocenters. The van der Waals surface area contributed by atoms with Crippen LogP contribution in [0, 0.1) is 0 Å². The Labute approximate surface area is 88.9 Å². The maximum absolute atomic E-state index is 11.5. The van der Waals surface area contributed by atoms with Crippen molar-refractivity contribution >= 4 is 17.3 Å². The van der Waals surface area contributed by atoms with Gasteiger partial charge in [0.25, 0.3) is 0 Å². The van der Waals surface area contributed by atoms with E-state index in [1.165, 1.54) is 0 Å². The third-order valence-corrected chi connectivity index (χ3v) is 3.09. The Morgan fingerprint density at radius 1 is 1.50 bits per heavy atom. The van der Waals surface area contributed by atoms with Crippen LogP contribution >= 0.6 is 11.3 Å². The molecule has 1 aromatic heterocycles. The number of esters is 1. The Morgan fingerprint density at radius 3 is 2.79 bits per heavy atom. The summed E-state index contributed by atoms with van der Waals surface area (Å²) in [7, 11) is 0. The Hall–Kier alpha value is -0.830. The molecule has 1 rings (SSSR count). The first-order chi connectivity index (χ1) is 6.70. The molecule has 0 aliphatic heterocycles. The second-order valence-corrected chi connectivity index (χ2v) is 4.01. The van der Waals surface area contributed by atoms with Crippen LogP contribution < -0.4 is 0 Å². The molecule has 1 heterocycles. The van der Waals surface area contributed by atoms with E-state index in [-0.39, 0.29) is 5.97 Å². The zero-order valence-corrected chi connectivity index (χ0v) is 9.69. The molecule has 0 spiro atoms. The quantitative estimate of drug-likeness (QED) is 0.715. The van der Waals surface area contributed by atoms with Crippen LogP contribution in [0.3, 0.4) is 0 Å². The van der Waals surface area contributed by atoms with Gasteiger partial charge in [-0.1, -0.05) is 13.8 Å². The number of carbonyl (C=O) groups is 1. The third kappa shape index (κ3) is 2.35. The molecule has 0 radical (unpaired) electrons. The van der Waals surface area contributed by atoms with Gasteiger partial charge >= 0.3 is 5.97 Å². The fourth-order valence-corrected chi connectivity index (χ4v) is 2.23. The maximum Gasteiger partial charge on any atom is 0.339 e. The standard InChI is InChI=1S/C11H16O2S/c1-4-8(3)9-6-14-7-10(9)11(12)13-5-2/h6-8H,4-5H2,1-3H3. The maximum atomic E-state index is 11.5. The zero-order chi connectivity index (χ0) is 10.6. The first-order valence-electron chi connectivity index (χ1n) is 4.93. The summed E-state index contributed by atoms with van der Waals surface area (Å²) in [5, 5.41) is 3.92. The summed E-state index contributed by atoms with van der Waals surface area (Å²) in [4.78, 5) is 11.5. The second kappa shape index (κ2) is 5.15. The second-order valence-electron chi connectivity index (χ2n) is 3.27. The fourth-order valence-electron chi connectivity index (χ4n) is 1.28. The van der Waals surface area contributed by atoms with E-state index in [2.05, 4.69) is 13.8 Å². The molecule has 14 heavy (non-hydrogen) atoms. The SMILES string of the molecule is CCOC(=O)c1cscc1C(C)CC. The number of hydrogen-bond acceptors (Lipinski definition) is 3. The highest BCUT2D eigenvalue weighted by Gasteiger charge is 2.16. The average molecular weight is 212 g/mol. The van der Waals surface area contributed by atoms with Gasteiger partial charge in [-0.15, -0.1) is 0 Å². The minimum Gasteiger partial charge on any atom is -0.462 e. The van der Waals surface area contributed by atoms with E-state index in [1.807, 2.05) is 17.7 Å². The summed E-state index contributed by atoms with van der Waals surface area (Å²) in [6, 6.07) is 0. The highest BCUT2D eigenvalue weighted by atomic mass is 32.1. The van der Waals surface area contributed by atoms with E-state index in [0.29, 0.717) is 12.5 Å². The molecule has 0 bridgehead atoms. The lowest BCUT2D eigenvalue weighted by atomic mass is 9.98. The number of hydrogen-bond donors (Lipinski definition) is 0. The Morgan fingerprint density at radius 2 is 2.21 bits per heavy atom. The van der Waals surface area contributed by atoms with Crippen LogP contribution in [-0.4, -0.2) is 12.6 Å². The Balaban J connectivity index is 2.86. The van der Waals surface area contributed by atoms with Crippen molar-refractivity contribution in [3.05, 3.63) is 21.9 Å². The lowest BCUT2D eigenvalue weighted by Gasteiger charge is -2.09. The van der Waals surface area contributed by atoms with Crippen molar-refractivity contribution in [2.45, 2.75) is 33.1 Å². The van der Waals surface area contributed by atoms with Crippen LogP contribution in [0.25, 0.3) is 0 Å². The molecule has 0 amide bonds. The molecule has 0 fully saturated rings. The smallest absolute Gasteiger partial charge is 0.339 e. The summed E-state index contributed by atoms with van der Waals surface area (Å²) >= 11 is 1.56. The summed E-state index contributed by atoms with van der Waals surface area (Å²) in [5.41, 5.74) is 1.86. The van der Waals surface area contributed by atoms with Crippen molar-refractivity contribution in [1.82, 2.24) is 0 Å². The first-order valence-corrected chi connectivity index (χ1v) is 5.88. The molecule has 0 saturated heterocycles. The van der Waals surface area contributed by atoms with Crippen molar-refractivity contribution in [3.63, 3.8) is 0 Å². The third-order valence-electron chi connectivity index (χ3n) is 2.33. The molecule has 1 aromatic rings. The van der Waals surface area contributed by atoms with Gasteiger partial charge in [-0.05, 0) is 30.2 Å². The van der Waals surface area contributed by atoms with E-state index >= 15 is 0 Å². The molecular weight excluding hydrogens is 196 g/mol. The van der Waals surface area contributed by atoms with Crippen molar-refractivity contribution in [2.75, 3.05) is 6.61 Å². The lowest BCUT2D eigenvalue weighted by Crippen LogP contribution is -2.07. The van der Waals surface area contributed by atoms with Gasteiger partial charge < -0.3 is 4.74 Å². The number of ether oxygens (including phenoxy) is 1. The predicted octanol–water partition coefficient (Wildman–Crippen LogP) is 3.44. The fraction of sp³-hybridized carbons (Fsp3) is 0.545. The summed E-state index contributed by atoms with van der Waals surface area (Å²) < 4.78 is 4.99. The van der Waals surface area contributed by atoms with Gasteiger partial charge in [0.15, 0.2) is 0 Å². The van der Waals surface area contributed by atoms with Gasteiger partial charge in [0, 0.05) is 5.38 Å². The van der Waals surface area contributed by atoms with Crippen LogP contribution in [0.5, 0.6) is 0 Å². The van der Waals surface area contributed by atoms with Crippen molar-refractivity contribution in [2.24, 2.45) is 0 Å². The molecule has 3 heteroatoms.